The second kappa shape index (κ2) is 13.7. The van der Waals surface area contributed by atoms with Gasteiger partial charge in [0.05, 0.1) is 18.3 Å². The zero-order valence-electron chi connectivity index (χ0n) is 20.9. The molecular formula is C21H29F3N6O8S. The highest BCUT2D eigenvalue weighted by atomic mass is 32.2. The average Bonchev–Trinajstić information content (AvgIpc) is 2.82. The van der Waals surface area contributed by atoms with E-state index in [-0.39, 0.29) is 31.4 Å². The molecule has 0 unspecified atom stereocenters. The van der Waals surface area contributed by atoms with E-state index in [1.54, 1.807) is 24.3 Å². The van der Waals surface area contributed by atoms with Gasteiger partial charge in [-0.25, -0.2) is 13.2 Å². The average molecular weight is 583 g/mol. The maximum absolute atomic E-state index is 12.5. The summed E-state index contributed by atoms with van der Waals surface area (Å²) in [5, 5.41) is 25.3. The number of aliphatic carboxylic acids is 2. The quantitative estimate of drug-likeness (QED) is 0.148. The second-order valence-corrected chi connectivity index (χ2v) is 10.7. The Bertz CT molecular complexity index is 1180. The predicted octanol–water partition coefficient (Wildman–Crippen LogP) is -0.850. The minimum atomic E-state index is -5.08. The van der Waals surface area contributed by atoms with E-state index in [0.717, 1.165) is 5.69 Å². The predicted molar refractivity (Wildman–Crippen MR) is 132 cm³/mol. The first-order valence-electron chi connectivity index (χ1n) is 11.1. The number of nitrogens with zero attached hydrogens (tertiary/aromatic N) is 2. The van der Waals surface area contributed by atoms with Crippen LogP contribution in [0.25, 0.3) is 0 Å². The summed E-state index contributed by atoms with van der Waals surface area (Å²) in [5.41, 5.74) is 6.80. The van der Waals surface area contributed by atoms with Gasteiger partial charge in [-0.05, 0) is 38.1 Å². The molecule has 1 heterocycles. The van der Waals surface area contributed by atoms with Crippen molar-refractivity contribution < 1.29 is 51.0 Å². The van der Waals surface area contributed by atoms with Crippen molar-refractivity contribution in [1.29, 1.82) is 5.41 Å². The highest BCUT2D eigenvalue weighted by Crippen LogP contribution is 2.18. The Kier molecular flexibility index (Phi) is 11.7. The number of hydrogen-bond acceptors (Lipinski definition) is 8. The molecular weight excluding hydrogens is 553 g/mol. The number of hydrogen-bond donors (Lipinski definition) is 6. The summed E-state index contributed by atoms with van der Waals surface area (Å²) >= 11 is 0. The number of benzene rings is 1. The Morgan fingerprint density at radius 2 is 1.67 bits per heavy atom. The number of carbonyl (C=O) groups is 4. The third-order valence-electron chi connectivity index (χ3n) is 5.17. The van der Waals surface area contributed by atoms with Crippen LogP contribution in [0.5, 0.6) is 0 Å². The molecule has 0 aromatic heterocycles. The van der Waals surface area contributed by atoms with Crippen LogP contribution in [0.4, 0.5) is 18.9 Å². The van der Waals surface area contributed by atoms with Crippen molar-refractivity contribution in [2.24, 2.45) is 5.73 Å². The number of amidine groups is 1. The number of nitrogen functional groups attached to an aromatic ring is 1. The molecule has 1 aromatic rings. The molecule has 39 heavy (non-hydrogen) atoms. The Morgan fingerprint density at radius 3 is 2.08 bits per heavy atom. The van der Waals surface area contributed by atoms with Gasteiger partial charge < -0.3 is 31.1 Å². The van der Waals surface area contributed by atoms with Gasteiger partial charge in [0.15, 0.2) is 0 Å². The molecule has 0 aliphatic carbocycles. The Hall–Kier alpha value is -3.93. The molecule has 7 N–H and O–H groups in total. The van der Waals surface area contributed by atoms with Gasteiger partial charge in [-0.15, -0.1) is 0 Å². The molecule has 18 heteroatoms. The zero-order valence-corrected chi connectivity index (χ0v) is 21.7. The molecule has 1 aliphatic rings. The first-order valence-corrected chi connectivity index (χ1v) is 12.7. The molecule has 2 rings (SSSR count). The standard InChI is InChI=1S/C19H28N6O6S.C2HF3O2/c1-12(2)32(30,31)23-15(19(28)29)9-22-16(26)10-25-8-7-24(11-17(25)27)14-5-3-13(4-6-14)18(20)21;3-2(4,5)1(6)7/h3-6,12,15,23H,7-11H2,1-2H3,(H3,20,21)(H,22,26)(H,28,29);(H,6,7)/t15-;/m0./s1. The van der Waals surface area contributed by atoms with Gasteiger partial charge in [0, 0.05) is 30.9 Å². The number of nitrogens with two attached hydrogens (primary N) is 1. The lowest BCUT2D eigenvalue weighted by molar-refractivity contribution is -0.192. The van der Waals surface area contributed by atoms with Crippen molar-refractivity contribution in [3.05, 3.63) is 29.8 Å². The fourth-order valence-electron chi connectivity index (χ4n) is 2.91. The lowest BCUT2D eigenvalue weighted by Gasteiger charge is -2.35. The largest absolute Gasteiger partial charge is 0.490 e. The van der Waals surface area contributed by atoms with Crippen molar-refractivity contribution >= 4 is 45.3 Å². The summed E-state index contributed by atoms with van der Waals surface area (Å²) in [4.78, 5) is 48.1. The molecule has 0 bridgehead atoms. The number of nitrogens with one attached hydrogen (secondary N) is 3. The summed E-state index contributed by atoms with van der Waals surface area (Å²) in [6, 6.07) is 5.38. The molecule has 218 valence electrons. The summed E-state index contributed by atoms with van der Waals surface area (Å²) in [6.45, 7) is 2.91. The summed E-state index contributed by atoms with van der Waals surface area (Å²) in [5.74, 6) is -5.10. The summed E-state index contributed by atoms with van der Waals surface area (Å²) in [6.07, 6.45) is -5.08. The van der Waals surface area contributed by atoms with E-state index in [0.29, 0.717) is 12.1 Å². The smallest absolute Gasteiger partial charge is 0.480 e. The second-order valence-electron chi connectivity index (χ2n) is 8.41. The van der Waals surface area contributed by atoms with Gasteiger partial charge in [-0.3, -0.25) is 19.8 Å². The first kappa shape index (κ1) is 33.1. The van der Waals surface area contributed by atoms with Crippen molar-refractivity contribution in [2.75, 3.05) is 37.6 Å². The zero-order chi connectivity index (χ0) is 30.1. The van der Waals surface area contributed by atoms with Crippen LogP contribution in [0.3, 0.4) is 0 Å². The van der Waals surface area contributed by atoms with Gasteiger partial charge >= 0.3 is 18.1 Å². The molecule has 1 atom stereocenters. The maximum atomic E-state index is 12.5. The monoisotopic (exact) mass is 582 g/mol. The number of anilines is 1. The number of rotatable bonds is 10. The van der Waals surface area contributed by atoms with Crippen LogP contribution in [-0.2, 0) is 29.2 Å². The normalized spacial score (nSPS) is 14.8. The molecule has 1 aromatic carbocycles. The maximum Gasteiger partial charge on any atom is 0.490 e. The number of carbonyl (C=O) groups excluding carboxylic acids is 2. The minimum absolute atomic E-state index is 0.0504. The fraction of sp³-hybridized carbons (Fsp3) is 0.476. The third-order valence-corrected chi connectivity index (χ3v) is 7.02. The van der Waals surface area contributed by atoms with Crippen LogP contribution in [0, 0.1) is 5.41 Å². The molecule has 1 aliphatic heterocycles. The lowest BCUT2D eigenvalue weighted by atomic mass is 10.1. The fourth-order valence-corrected chi connectivity index (χ4v) is 3.76. The number of carboxylic acids is 2. The van der Waals surface area contributed by atoms with Crippen LogP contribution in [0.2, 0.25) is 0 Å². The van der Waals surface area contributed by atoms with Crippen LogP contribution < -0.4 is 20.7 Å². The Morgan fingerprint density at radius 1 is 1.13 bits per heavy atom. The minimum Gasteiger partial charge on any atom is -0.480 e. The highest BCUT2D eigenvalue weighted by Gasteiger charge is 2.38. The van der Waals surface area contributed by atoms with Crippen molar-refractivity contribution in [2.45, 2.75) is 31.3 Å². The topological polar surface area (TPSA) is 223 Å². The highest BCUT2D eigenvalue weighted by molar-refractivity contribution is 7.90. The summed E-state index contributed by atoms with van der Waals surface area (Å²) in [7, 11) is -3.84. The van der Waals surface area contributed by atoms with Crippen LogP contribution >= 0.6 is 0 Å². The van der Waals surface area contributed by atoms with E-state index in [1.165, 1.54) is 18.7 Å². The molecule has 1 fully saturated rings. The van der Waals surface area contributed by atoms with Gasteiger partial charge in [0.1, 0.15) is 11.9 Å². The van der Waals surface area contributed by atoms with Crippen LogP contribution in [-0.4, -0.2) is 103 Å². The van der Waals surface area contributed by atoms with Crippen LogP contribution in [0.1, 0.15) is 19.4 Å². The van der Waals surface area contributed by atoms with E-state index < -0.39 is 51.9 Å². The number of piperazine rings is 1. The van der Waals surface area contributed by atoms with Gasteiger partial charge in [-0.1, -0.05) is 0 Å². The number of amides is 2. The van der Waals surface area contributed by atoms with Crippen molar-refractivity contribution in [1.82, 2.24) is 14.9 Å². The molecule has 0 radical (unpaired) electrons. The number of halogens is 3. The number of carboxylic acid groups (broad SMARTS) is 2. The molecule has 0 spiro atoms. The molecule has 2 amide bonds. The molecule has 14 nitrogen and oxygen atoms in total. The SMILES string of the molecule is CC(C)S(=O)(=O)N[C@@H](CNC(=O)CN1CCN(c2ccc(C(=N)N)cc2)CC1=O)C(=O)O.O=C(O)C(F)(F)F. The van der Waals surface area contributed by atoms with Gasteiger partial charge in [-0.2, -0.15) is 17.9 Å². The van der Waals surface area contributed by atoms with E-state index >= 15 is 0 Å². The van der Waals surface area contributed by atoms with E-state index in [1.807, 2.05) is 9.62 Å². The van der Waals surface area contributed by atoms with Gasteiger partial charge in [0.2, 0.25) is 21.8 Å². The van der Waals surface area contributed by atoms with Gasteiger partial charge in [0.25, 0.3) is 0 Å². The van der Waals surface area contributed by atoms with E-state index in [4.69, 9.17) is 21.0 Å². The number of sulfonamides is 1. The number of alkyl halides is 3. The van der Waals surface area contributed by atoms with E-state index in [9.17, 15) is 41.1 Å². The van der Waals surface area contributed by atoms with Crippen molar-refractivity contribution in [3.63, 3.8) is 0 Å². The van der Waals surface area contributed by atoms with Crippen LogP contribution in [0.15, 0.2) is 24.3 Å². The third kappa shape index (κ3) is 10.8. The van der Waals surface area contributed by atoms with Crippen molar-refractivity contribution in [3.8, 4) is 0 Å². The van der Waals surface area contributed by atoms with E-state index in [2.05, 4.69) is 5.32 Å². The molecule has 0 saturated carbocycles. The Labute approximate surface area is 221 Å². The Balaban J connectivity index is 0.000000956. The lowest BCUT2D eigenvalue weighted by Crippen LogP contribution is -2.55. The molecule has 1 saturated heterocycles. The first-order chi connectivity index (χ1) is 17.8. The summed E-state index contributed by atoms with van der Waals surface area (Å²) < 4.78 is 57.6.